The fourth-order valence-electron chi connectivity index (χ4n) is 3.35. The van der Waals surface area contributed by atoms with Gasteiger partial charge >= 0.3 is 0 Å². The molecule has 1 rings (SSSR count). The fraction of sp³-hybridized carbons (Fsp3) is 0.909. The number of nitrogens with zero attached hydrogens (tertiary/aromatic N) is 2. The van der Waals surface area contributed by atoms with Gasteiger partial charge in [0, 0.05) is 24.1 Å². The molecule has 0 bridgehead atoms. The molecule has 6 heteroatoms. The van der Waals surface area contributed by atoms with Crippen LogP contribution in [0.15, 0.2) is 0 Å². The first-order valence-corrected chi connectivity index (χ1v) is 13.2. The topological polar surface area (TPSA) is 56.1 Å². The van der Waals surface area contributed by atoms with Crippen molar-refractivity contribution < 1.29 is 4.79 Å². The first-order chi connectivity index (χ1) is 13.6. The molecule has 0 unspecified atom stereocenters. The number of hydrogen-bond acceptors (Lipinski definition) is 5. The van der Waals surface area contributed by atoms with Gasteiger partial charge in [0.15, 0.2) is 0 Å². The van der Waals surface area contributed by atoms with Crippen LogP contribution in [-0.4, -0.2) is 53.1 Å². The highest BCUT2D eigenvalue weighted by atomic mass is 32.2. The van der Waals surface area contributed by atoms with E-state index in [0.29, 0.717) is 12.6 Å². The molecule has 1 N–H and O–H groups in total. The molecule has 0 saturated carbocycles. The molecule has 0 aromatic carbocycles. The highest BCUT2D eigenvalue weighted by molar-refractivity contribution is 8.20. The van der Waals surface area contributed by atoms with Crippen molar-refractivity contribution >= 4 is 29.4 Å². The molecule has 1 aliphatic heterocycles. The maximum atomic E-state index is 12.5. The third kappa shape index (κ3) is 9.89. The Bertz CT molecular complexity index is 457. The molecule has 0 aliphatic carbocycles. The maximum absolute atomic E-state index is 12.5. The van der Waals surface area contributed by atoms with Gasteiger partial charge in [0.1, 0.15) is 6.07 Å². The molecule has 1 aliphatic rings. The van der Waals surface area contributed by atoms with E-state index in [1.54, 1.807) is 0 Å². The van der Waals surface area contributed by atoms with Crippen molar-refractivity contribution in [3.8, 4) is 6.07 Å². The van der Waals surface area contributed by atoms with E-state index in [9.17, 15) is 10.1 Å². The number of unbranched alkanes of at least 4 members (excludes halogenated alkanes) is 11. The highest BCUT2D eigenvalue weighted by Gasteiger charge is 2.44. The van der Waals surface area contributed by atoms with Gasteiger partial charge in [-0.05, 0) is 20.5 Å². The van der Waals surface area contributed by atoms with Crippen molar-refractivity contribution in [1.29, 1.82) is 5.26 Å². The maximum Gasteiger partial charge on any atom is 0.261 e. The molecule has 0 aromatic rings. The van der Waals surface area contributed by atoms with Gasteiger partial charge < -0.3 is 10.2 Å². The Morgan fingerprint density at radius 1 is 0.964 bits per heavy atom. The van der Waals surface area contributed by atoms with E-state index in [1.165, 1.54) is 94.2 Å². The van der Waals surface area contributed by atoms with Crippen LogP contribution in [0.4, 0.5) is 0 Å². The van der Waals surface area contributed by atoms with Crippen LogP contribution in [0, 0.1) is 11.3 Å². The Kier molecular flexibility index (Phi) is 14.2. The molecule has 0 spiro atoms. The zero-order chi connectivity index (χ0) is 20.7. The van der Waals surface area contributed by atoms with Crippen molar-refractivity contribution in [3.05, 3.63) is 0 Å². The number of amides is 1. The molecular weight excluding hydrogens is 386 g/mol. The summed E-state index contributed by atoms with van der Waals surface area (Å²) in [6, 6.07) is 2.70. The Labute approximate surface area is 182 Å². The summed E-state index contributed by atoms with van der Waals surface area (Å²) in [6.45, 7) is 2.96. The van der Waals surface area contributed by atoms with Crippen molar-refractivity contribution in [2.24, 2.45) is 0 Å². The summed E-state index contributed by atoms with van der Waals surface area (Å²) in [5, 5.41) is 12.6. The minimum absolute atomic E-state index is 0.106. The van der Waals surface area contributed by atoms with E-state index >= 15 is 0 Å². The van der Waals surface area contributed by atoms with E-state index in [-0.39, 0.29) is 5.91 Å². The second kappa shape index (κ2) is 15.5. The van der Waals surface area contributed by atoms with Crippen LogP contribution in [-0.2, 0) is 4.79 Å². The van der Waals surface area contributed by atoms with Crippen LogP contribution < -0.4 is 5.32 Å². The molecule has 1 heterocycles. The number of nitriles is 1. The predicted molar refractivity (Wildman–Crippen MR) is 125 cm³/mol. The molecule has 1 fully saturated rings. The average molecular weight is 428 g/mol. The lowest BCUT2D eigenvalue weighted by Gasteiger charge is -2.35. The number of nitrogens with one attached hydrogen (secondary N) is 1. The zero-order valence-electron chi connectivity index (χ0n) is 18.3. The molecule has 162 valence electrons. The van der Waals surface area contributed by atoms with Crippen LogP contribution in [0.1, 0.15) is 84.0 Å². The van der Waals surface area contributed by atoms with Gasteiger partial charge in [-0.1, -0.05) is 77.6 Å². The first-order valence-electron chi connectivity index (χ1n) is 11.2. The van der Waals surface area contributed by atoms with Crippen molar-refractivity contribution in [1.82, 2.24) is 10.2 Å². The number of thioether (sulfide) groups is 2. The fourth-order valence-corrected chi connectivity index (χ4v) is 6.46. The van der Waals surface area contributed by atoms with Crippen LogP contribution in [0.25, 0.3) is 0 Å². The normalized spacial score (nSPS) is 22.2. The van der Waals surface area contributed by atoms with Gasteiger partial charge in [-0.25, -0.2) is 0 Å². The Morgan fingerprint density at radius 2 is 1.43 bits per heavy atom. The van der Waals surface area contributed by atoms with Crippen LogP contribution >= 0.6 is 23.5 Å². The monoisotopic (exact) mass is 427 g/mol. The summed E-state index contributed by atoms with van der Waals surface area (Å²) in [7, 11) is 4.11. The van der Waals surface area contributed by atoms with Gasteiger partial charge in [0.05, 0.1) is 0 Å². The lowest BCUT2D eigenvalue weighted by molar-refractivity contribution is -0.120. The predicted octanol–water partition coefficient (Wildman–Crippen LogP) is 5.43. The summed E-state index contributed by atoms with van der Waals surface area (Å²) >= 11 is 2.98. The molecule has 0 aromatic heterocycles. The minimum Gasteiger partial charge on any atom is -0.353 e. The van der Waals surface area contributed by atoms with Gasteiger partial charge in [-0.2, -0.15) is 5.26 Å². The standard InChI is InChI=1S/C22H41N3OS2/c1-4-5-6-7-8-9-10-11-12-13-14-15-16-24-21(26)22(19-23)27-17-20(18-28-22)25(2)3/h20H,4-18H2,1-3H3,(H,24,26). The third-order valence-corrected chi connectivity index (χ3v) is 8.63. The van der Waals surface area contributed by atoms with E-state index in [1.807, 2.05) is 0 Å². The van der Waals surface area contributed by atoms with Crippen LogP contribution in [0.5, 0.6) is 0 Å². The lowest BCUT2D eigenvalue weighted by atomic mass is 10.1. The summed E-state index contributed by atoms with van der Waals surface area (Å²) < 4.78 is -0.955. The largest absolute Gasteiger partial charge is 0.353 e. The number of carbonyl (C=O) groups excluding carboxylic acids is 1. The van der Waals surface area contributed by atoms with Gasteiger partial charge in [-0.3, -0.25) is 4.79 Å². The average Bonchev–Trinajstić information content (AvgIpc) is 2.71. The molecule has 1 amide bonds. The van der Waals surface area contributed by atoms with E-state index in [0.717, 1.165) is 17.9 Å². The van der Waals surface area contributed by atoms with E-state index in [4.69, 9.17) is 0 Å². The molecule has 0 radical (unpaired) electrons. The Morgan fingerprint density at radius 3 is 1.86 bits per heavy atom. The summed E-state index contributed by atoms with van der Waals surface area (Å²) in [4.78, 5) is 14.7. The summed E-state index contributed by atoms with van der Waals surface area (Å²) in [6.07, 6.45) is 15.8. The SMILES string of the molecule is CCCCCCCCCCCCCCNC(=O)C1(C#N)SCC(N(C)C)CS1. The lowest BCUT2D eigenvalue weighted by Crippen LogP contribution is -2.47. The molecule has 1 saturated heterocycles. The number of hydrogen-bond donors (Lipinski definition) is 1. The van der Waals surface area contributed by atoms with Gasteiger partial charge in [0.2, 0.25) is 4.08 Å². The van der Waals surface area contributed by atoms with E-state index in [2.05, 4.69) is 37.3 Å². The second-order valence-electron chi connectivity index (χ2n) is 8.11. The summed E-state index contributed by atoms with van der Waals surface area (Å²) in [5.41, 5.74) is 0. The van der Waals surface area contributed by atoms with Gasteiger partial charge in [0.25, 0.3) is 5.91 Å². The van der Waals surface area contributed by atoms with Crippen molar-refractivity contribution in [3.63, 3.8) is 0 Å². The first kappa shape index (κ1) is 25.7. The molecular formula is C22H41N3OS2. The van der Waals surface area contributed by atoms with Crippen LogP contribution in [0.3, 0.4) is 0 Å². The molecule has 28 heavy (non-hydrogen) atoms. The van der Waals surface area contributed by atoms with Gasteiger partial charge in [-0.15, -0.1) is 23.5 Å². The molecule has 0 atom stereocenters. The quantitative estimate of drug-likeness (QED) is 0.353. The van der Waals surface area contributed by atoms with Crippen LogP contribution in [0.2, 0.25) is 0 Å². The Hall–Kier alpha value is -0.380. The molecule has 4 nitrogen and oxygen atoms in total. The minimum atomic E-state index is -0.955. The van der Waals surface area contributed by atoms with E-state index < -0.39 is 4.08 Å². The third-order valence-electron chi connectivity index (χ3n) is 5.45. The highest BCUT2D eigenvalue weighted by Crippen LogP contribution is 2.42. The second-order valence-corrected chi connectivity index (χ2v) is 10.8. The van der Waals surface area contributed by atoms with Crippen molar-refractivity contribution in [2.45, 2.75) is 94.1 Å². The zero-order valence-corrected chi connectivity index (χ0v) is 19.9. The van der Waals surface area contributed by atoms with Crippen molar-refractivity contribution in [2.75, 3.05) is 32.1 Å². The smallest absolute Gasteiger partial charge is 0.261 e. The number of rotatable bonds is 15. The number of carbonyl (C=O) groups is 1. The summed E-state index contributed by atoms with van der Waals surface area (Å²) in [5.74, 6) is 1.56. The Balaban J connectivity index is 2.02.